The van der Waals surface area contributed by atoms with Gasteiger partial charge in [-0.3, -0.25) is 4.79 Å². The zero-order chi connectivity index (χ0) is 22.9. The number of unbranched alkanes of at least 4 members (excludes halogenated alkanes) is 3. The van der Waals surface area contributed by atoms with Gasteiger partial charge in [0.15, 0.2) is 0 Å². The molecule has 2 rings (SSSR count). The van der Waals surface area contributed by atoms with Crippen LogP contribution in [-0.4, -0.2) is 31.5 Å². The Bertz CT molecular complexity index is 921. The molecule has 0 bridgehead atoms. The SMILES string of the molecule is CCCCCCc1ccc(C(=O)N(Cc2ccc(OS(C)(=O)=O)cc2)C(C)CC)cc1. The molecule has 0 saturated carbocycles. The molecule has 0 aliphatic carbocycles. The first-order valence-corrected chi connectivity index (χ1v) is 12.9. The number of rotatable bonds is 12. The molecule has 6 heteroatoms. The second-order valence-corrected chi connectivity index (χ2v) is 9.70. The van der Waals surface area contributed by atoms with E-state index in [9.17, 15) is 13.2 Å². The Morgan fingerprint density at radius 2 is 1.55 bits per heavy atom. The number of nitrogens with zero attached hydrogens (tertiary/aromatic N) is 1. The molecule has 0 saturated heterocycles. The van der Waals surface area contributed by atoms with E-state index in [4.69, 9.17) is 4.18 Å². The van der Waals surface area contributed by atoms with E-state index in [-0.39, 0.29) is 17.7 Å². The molecule has 1 unspecified atom stereocenters. The minimum Gasteiger partial charge on any atom is -0.383 e. The summed E-state index contributed by atoms with van der Waals surface area (Å²) in [5, 5.41) is 0. The van der Waals surface area contributed by atoms with Gasteiger partial charge in [0.25, 0.3) is 5.91 Å². The number of hydrogen-bond donors (Lipinski definition) is 0. The molecule has 2 aromatic carbocycles. The van der Waals surface area contributed by atoms with E-state index in [1.165, 1.54) is 31.2 Å². The van der Waals surface area contributed by atoms with E-state index >= 15 is 0 Å². The Hall–Kier alpha value is -2.34. The average molecular weight is 446 g/mol. The van der Waals surface area contributed by atoms with Gasteiger partial charge in [-0.05, 0) is 61.6 Å². The van der Waals surface area contributed by atoms with Gasteiger partial charge in [0, 0.05) is 18.2 Å². The number of benzene rings is 2. The van der Waals surface area contributed by atoms with Gasteiger partial charge in [-0.25, -0.2) is 0 Å². The van der Waals surface area contributed by atoms with Gasteiger partial charge in [0.1, 0.15) is 5.75 Å². The molecule has 1 amide bonds. The lowest BCUT2D eigenvalue weighted by molar-refractivity contribution is 0.0671. The molecule has 1 atom stereocenters. The van der Waals surface area contributed by atoms with Crippen molar-refractivity contribution in [2.45, 2.75) is 71.9 Å². The molecule has 0 fully saturated rings. The van der Waals surface area contributed by atoms with Crippen molar-refractivity contribution in [3.63, 3.8) is 0 Å². The fraction of sp³-hybridized carbons (Fsp3) is 0.480. The van der Waals surface area contributed by atoms with Crippen LogP contribution < -0.4 is 4.18 Å². The Morgan fingerprint density at radius 3 is 2.10 bits per heavy atom. The van der Waals surface area contributed by atoms with Gasteiger partial charge in [-0.15, -0.1) is 0 Å². The second-order valence-electron chi connectivity index (χ2n) is 8.13. The summed E-state index contributed by atoms with van der Waals surface area (Å²) in [5.41, 5.74) is 2.88. The molecule has 170 valence electrons. The first-order valence-electron chi connectivity index (χ1n) is 11.1. The molecule has 0 aliphatic rings. The maximum absolute atomic E-state index is 13.2. The van der Waals surface area contributed by atoms with Crippen LogP contribution in [0, 0.1) is 0 Å². The Balaban J connectivity index is 2.08. The van der Waals surface area contributed by atoms with Crippen LogP contribution in [0.25, 0.3) is 0 Å². The minimum atomic E-state index is -3.56. The average Bonchev–Trinajstić information content (AvgIpc) is 2.74. The van der Waals surface area contributed by atoms with Crippen LogP contribution in [0.5, 0.6) is 5.75 Å². The molecule has 0 heterocycles. The molecular formula is C25H35NO4S. The molecule has 0 N–H and O–H groups in total. The van der Waals surface area contributed by atoms with Crippen molar-refractivity contribution in [3.05, 3.63) is 65.2 Å². The number of aryl methyl sites for hydroxylation is 1. The zero-order valence-corrected chi connectivity index (χ0v) is 20.0. The lowest BCUT2D eigenvalue weighted by Crippen LogP contribution is -2.37. The van der Waals surface area contributed by atoms with Crippen molar-refractivity contribution >= 4 is 16.0 Å². The van der Waals surface area contributed by atoms with Crippen molar-refractivity contribution in [3.8, 4) is 5.75 Å². The lowest BCUT2D eigenvalue weighted by Gasteiger charge is -2.29. The summed E-state index contributed by atoms with van der Waals surface area (Å²) in [6.07, 6.45) is 7.82. The van der Waals surface area contributed by atoms with Crippen molar-refractivity contribution in [1.82, 2.24) is 4.90 Å². The Kier molecular flexibility index (Phi) is 9.56. The van der Waals surface area contributed by atoms with Crippen LogP contribution >= 0.6 is 0 Å². The molecule has 31 heavy (non-hydrogen) atoms. The first-order chi connectivity index (χ1) is 14.7. The van der Waals surface area contributed by atoms with Gasteiger partial charge in [0.05, 0.1) is 6.26 Å². The number of carbonyl (C=O) groups is 1. The quantitative estimate of drug-likeness (QED) is 0.316. The van der Waals surface area contributed by atoms with Crippen LogP contribution in [0.2, 0.25) is 0 Å². The highest BCUT2D eigenvalue weighted by atomic mass is 32.2. The standard InChI is InChI=1S/C25H35NO4S/c1-5-7-8-9-10-21-11-15-23(16-12-21)25(27)26(20(3)6-2)19-22-13-17-24(18-14-22)30-31(4,28)29/h11-18,20H,5-10,19H2,1-4H3. The van der Waals surface area contributed by atoms with Crippen molar-refractivity contribution in [2.75, 3.05) is 6.26 Å². The van der Waals surface area contributed by atoms with Crippen molar-refractivity contribution in [2.24, 2.45) is 0 Å². The Morgan fingerprint density at radius 1 is 0.935 bits per heavy atom. The summed E-state index contributed by atoms with van der Waals surface area (Å²) in [5.74, 6) is 0.269. The largest absolute Gasteiger partial charge is 0.383 e. The third kappa shape index (κ3) is 8.37. The highest BCUT2D eigenvalue weighted by Gasteiger charge is 2.21. The molecule has 5 nitrogen and oxygen atoms in total. The normalized spacial score (nSPS) is 12.4. The fourth-order valence-corrected chi connectivity index (χ4v) is 3.87. The summed E-state index contributed by atoms with van der Waals surface area (Å²) >= 11 is 0. The predicted molar refractivity (Wildman–Crippen MR) is 126 cm³/mol. The molecule has 0 radical (unpaired) electrons. The maximum Gasteiger partial charge on any atom is 0.306 e. The topological polar surface area (TPSA) is 63.7 Å². The highest BCUT2D eigenvalue weighted by Crippen LogP contribution is 2.19. The van der Waals surface area contributed by atoms with Gasteiger partial charge in [-0.1, -0.05) is 57.4 Å². The number of hydrogen-bond acceptors (Lipinski definition) is 4. The number of carbonyl (C=O) groups excluding carboxylic acids is 1. The van der Waals surface area contributed by atoms with E-state index in [0.717, 1.165) is 24.7 Å². The summed E-state index contributed by atoms with van der Waals surface area (Å²) < 4.78 is 27.4. The summed E-state index contributed by atoms with van der Waals surface area (Å²) in [6, 6.07) is 14.9. The third-order valence-corrected chi connectivity index (χ3v) is 5.92. The van der Waals surface area contributed by atoms with Crippen molar-refractivity contribution in [1.29, 1.82) is 0 Å². The van der Waals surface area contributed by atoms with E-state index in [2.05, 4.69) is 26.0 Å². The van der Waals surface area contributed by atoms with Crippen LogP contribution in [-0.2, 0) is 23.1 Å². The smallest absolute Gasteiger partial charge is 0.306 e. The van der Waals surface area contributed by atoms with Crippen LogP contribution in [0.3, 0.4) is 0 Å². The fourth-order valence-electron chi connectivity index (χ4n) is 3.41. The number of amides is 1. The zero-order valence-electron chi connectivity index (χ0n) is 19.1. The van der Waals surface area contributed by atoms with E-state index in [0.29, 0.717) is 12.1 Å². The predicted octanol–water partition coefficient (Wildman–Crippen LogP) is 5.59. The lowest BCUT2D eigenvalue weighted by atomic mass is 10.0. The van der Waals surface area contributed by atoms with Gasteiger partial charge in [-0.2, -0.15) is 8.42 Å². The van der Waals surface area contributed by atoms with Gasteiger partial charge < -0.3 is 9.08 Å². The molecule has 2 aromatic rings. The summed E-state index contributed by atoms with van der Waals surface area (Å²) in [7, 11) is -3.56. The molecule has 0 aromatic heterocycles. The Labute approximate surface area is 187 Å². The van der Waals surface area contributed by atoms with Gasteiger partial charge in [0.2, 0.25) is 0 Å². The third-order valence-electron chi connectivity index (χ3n) is 5.43. The van der Waals surface area contributed by atoms with E-state index in [1.54, 1.807) is 24.3 Å². The van der Waals surface area contributed by atoms with Gasteiger partial charge >= 0.3 is 10.1 Å². The maximum atomic E-state index is 13.2. The second kappa shape index (κ2) is 11.9. The van der Waals surface area contributed by atoms with E-state index < -0.39 is 10.1 Å². The molecule has 0 spiro atoms. The van der Waals surface area contributed by atoms with Crippen LogP contribution in [0.15, 0.2) is 48.5 Å². The summed E-state index contributed by atoms with van der Waals surface area (Å²) in [4.78, 5) is 15.1. The minimum absolute atomic E-state index is 0.00310. The summed E-state index contributed by atoms with van der Waals surface area (Å²) in [6.45, 7) is 6.77. The van der Waals surface area contributed by atoms with Crippen molar-refractivity contribution < 1.29 is 17.4 Å². The van der Waals surface area contributed by atoms with Crippen LogP contribution in [0.1, 0.15) is 74.4 Å². The van der Waals surface area contributed by atoms with E-state index in [1.807, 2.05) is 24.0 Å². The highest BCUT2D eigenvalue weighted by molar-refractivity contribution is 7.86. The monoisotopic (exact) mass is 445 g/mol. The molecular weight excluding hydrogens is 410 g/mol. The van der Waals surface area contributed by atoms with Crippen LogP contribution in [0.4, 0.5) is 0 Å². The molecule has 0 aliphatic heterocycles. The first kappa shape index (κ1) is 24.9.